The minimum Gasteiger partial charge on any atom is -0.481 e. The SMILES string of the molecule is O=C(NC1CCCC1C(=O)O)c1ccc2c(c1)CCCC2. The summed E-state index contributed by atoms with van der Waals surface area (Å²) < 4.78 is 0. The van der Waals surface area contributed by atoms with E-state index in [1.807, 2.05) is 18.2 Å². The lowest BCUT2D eigenvalue weighted by atomic mass is 9.90. The first-order valence-corrected chi connectivity index (χ1v) is 7.80. The third kappa shape index (κ3) is 2.94. The second-order valence-corrected chi connectivity index (χ2v) is 6.15. The van der Waals surface area contributed by atoms with E-state index in [0.29, 0.717) is 12.0 Å². The summed E-state index contributed by atoms with van der Waals surface area (Å²) >= 11 is 0. The molecule has 0 aromatic heterocycles. The average Bonchev–Trinajstić information content (AvgIpc) is 2.95. The number of carboxylic acids is 1. The Morgan fingerprint density at radius 3 is 2.57 bits per heavy atom. The fraction of sp³-hybridized carbons (Fsp3) is 0.529. The average molecular weight is 287 g/mol. The quantitative estimate of drug-likeness (QED) is 0.898. The molecule has 21 heavy (non-hydrogen) atoms. The van der Waals surface area contributed by atoms with Gasteiger partial charge in [-0.1, -0.05) is 12.5 Å². The Kier molecular flexibility index (Phi) is 3.95. The molecule has 1 amide bonds. The van der Waals surface area contributed by atoms with Crippen LogP contribution in [0.4, 0.5) is 0 Å². The number of carboxylic acid groups (broad SMARTS) is 1. The van der Waals surface area contributed by atoms with Crippen molar-refractivity contribution in [2.24, 2.45) is 5.92 Å². The van der Waals surface area contributed by atoms with E-state index in [0.717, 1.165) is 25.7 Å². The number of nitrogens with one attached hydrogen (secondary N) is 1. The normalized spacial score (nSPS) is 24.4. The zero-order valence-corrected chi connectivity index (χ0v) is 12.1. The largest absolute Gasteiger partial charge is 0.481 e. The van der Waals surface area contributed by atoms with Crippen LogP contribution in [0.1, 0.15) is 53.6 Å². The van der Waals surface area contributed by atoms with Crippen LogP contribution in [0.2, 0.25) is 0 Å². The zero-order valence-electron chi connectivity index (χ0n) is 12.1. The number of carbonyl (C=O) groups excluding carboxylic acids is 1. The highest BCUT2D eigenvalue weighted by molar-refractivity contribution is 5.95. The molecule has 2 atom stereocenters. The van der Waals surface area contributed by atoms with Gasteiger partial charge < -0.3 is 10.4 Å². The number of hydrogen-bond acceptors (Lipinski definition) is 2. The number of amides is 1. The van der Waals surface area contributed by atoms with Crippen molar-refractivity contribution in [2.45, 2.75) is 51.0 Å². The van der Waals surface area contributed by atoms with Gasteiger partial charge in [0.2, 0.25) is 0 Å². The molecule has 0 bridgehead atoms. The Morgan fingerprint density at radius 1 is 1.05 bits per heavy atom. The molecule has 1 aromatic rings. The summed E-state index contributed by atoms with van der Waals surface area (Å²) in [5.74, 6) is -1.38. The molecule has 2 aliphatic carbocycles. The molecule has 0 spiro atoms. The maximum absolute atomic E-state index is 12.4. The van der Waals surface area contributed by atoms with Gasteiger partial charge in [-0.15, -0.1) is 0 Å². The van der Waals surface area contributed by atoms with Crippen LogP contribution in [0.15, 0.2) is 18.2 Å². The van der Waals surface area contributed by atoms with Crippen molar-refractivity contribution in [3.8, 4) is 0 Å². The second-order valence-electron chi connectivity index (χ2n) is 6.15. The van der Waals surface area contributed by atoms with Gasteiger partial charge in [0.15, 0.2) is 0 Å². The van der Waals surface area contributed by atoms with Crippen molar-refractivity contribution >= 4 is 11.9 Å². The van der Waals surface area contributed by atoms with E-state index in [-0.39, 0.29) is 11.9 Å². The molecule has 1 aromatic carbocycles. The molecule has 3 rings (SSSR count). The topological polar surface area (TPSA) is 66.4 Å². The van der Waals surface area contributed by atoms with E-state index in [1.54, 1.807) is 0 Å². The first-order valence-electron chi connectivity index (χ1n) is 7.80. The van der Waals surface area contributed by atoms with E-state index in [1.165, 1.54) is 24.0 Å². The molecule has 2 unspecified atom stereocenters. The number of benzene rings is 1. The highest BCUT2D eigenvalue weighted by atomic mass is 16.4. The fourth-order valence-corrected chi connectivity index (χ4v) is 3.55. The van der Waals surface area contributed by atoms with Crippen molar-refractivity contribution in [3.05, 3.63) is 34.9 Å². The van der Waals surface area contributed by atoms with Gasteiger partial charge in [-0.2, -0.15) is 0 Å². The first-order chi connectivity index (χ1) is 10.1. The van der Waals surface area contributed by atoms with E-state index < -0.39 is 11.9 Å². The van der Waals surface area contributed by atoms with Gasteiger partial charge in [0.05, 0.1) is 5.92 Å². The third-order valence-corrected chi connectivity index (χ3v) is 4.76. The van der Waals surface area contributed by atoms with Crippen molar-refractivity contribution in [2.75, 3.05) is 0 Å². The highest BCUT2D eigenvalue weighted by Crippen LogP contribution is 2.27. The molecule has 4 heteroatoms. The molecule has 0 saturated heterocycles. The molecule has 2 N–H and O–H groups in total. The number of fused-ring (bicyclic) bond motifs is 1. The van der Waals surface area contributed by atoms with Crippen molar-refractivity contribution in [1.82, 2.24) is 5.32 Å². The van der Waals surface area contributed by atoms with Gasteiger partial charge in [-0.05, 0) is 61.8 Å². The lowest BCUT2D eigenvalue weighted by Crippen LogP contribution is -2.40. The highest BCUT2D eigenvalue weighted by Gasteiger charge is 2.34. The minimum atomic E-state index is -0.803. The van der Waals surface area contributed by atoms with Gasteiger partial charge >= 0.3 is 5.97 Å². The molecule has 0 aliphatic heterocycles. The van der Waals surface area contributed by atoms with E-state index >= 15 is 0 Å². The minimum absolute atomic E-state index is 0.137. The molecule has 2 aliphatic rings. The van der Waals surface area contributed by atoms with E-state index in [9.17, 15) is 14.7 Å². The molecule has 112 valence electrons. The Balaban J connectivity index is 1.72. The van der Waals surface area contributed by atoms with Gasteiger partial charge in [-0.3, -0.25) is 9.59 Å². The summed E-state index contributed by atoms with van der Waals surface area (Å²) in [5.41, 5.74) is 3.28. The van der Waals surface area contributed by atoms with Gasteiger partial charge in [-0.25, -0.2) is 0 Å². The monoisotopic (exact) mass is 287 g/mol. The molecule has 0 heterocycles. The Morgan fingerprint density at radius 2 is 1.81 bits per heavy atom. The predicted molar refractivity (Wildman–Crippen MR) is 79.3 cm³/mol. The van der Waals surface area contributed by atoms with Crippen molar-refractivity contribution < 1.29 is 14.7 Å². The maximum Gasteiger partial charge on any atom is 0.308 e. The number of hydrogen-bond donors (Lipinski definition) is 2. The van der Waals surface area contributed by atoms with Gasteiger partial charge in [0, 0.05) is 11.6 Å². The van der Waals surface area contributed by atoms with Crippen LogP contribution in [0.5, 0.6) is 0 Å². The summed E-state index contributed by atoms with van der Waals surface area (Å²) in [6.07, 6.45) is 6.82. The molecular formula is C17H21NO3. The number of carbonyl (C=O) groups is 2. The van der Waals surface area contributed by atoms with Crippen LogP contribution in [0.3, 0.4) is 0 Å². The first kappa shape index (κ1) is 14.1. The summed E-state index contributed by atoms with van der Waals surface area (Å²) in [6, 6.07) is 5.66. The molecular weight excluding hydrogens is 266 g/mol. The van der Waals surface area contributed by atoms with Gasteiger partial charge in [0.1, 0.15) is 0 Å². The van der Waals surface area contributed by atoms with Gasteiger partial charge in [0.25, 0.3) is 5.91 Å². The summed E-state index contributed by atoms with van der Waals surface area (Å²) in [5, 5.41) is 12.1. The standard InChI is InChI=1S/C17H21NO3/c19-16(18-15-7-3-6-14(15)17(20)21)13-9-8-11-4-1-2-5-12(11)10-13/h8-10,14-15H,1-7H2,(H,18,19)(H,20,21). The van der Waals surface area contributed by atoms with Crippen LogP contribution in [-0.2, 0) is 17.6 Å². The van der Waals surface area contributed by atoms with Crippen LogP contribution in [0.25, 0.3) is 0 Å². The Hall–Kier alpha value is -1.84. The van der Waals surface area contributed by atoms with Crippen molar-refractivity contribution in [1.29, 1.82) is 0 Å². The second kappa shape index (κ2) is 5.88. The molecule has 1 fully saturated rings. The smallest absolute Gasteiger partial charge is 0.308 e. The van der Waals surface area contributed by atoms with Crippen LogP contribution in [0, 0.1) is 5.92 Å². The summed E-state index contributed by atoms with van der Waals surface area (Å²) in [4.78, 5) is 23.5. The molecule has 0 radical (unpaired) electrons. The van der Waals surface area contributed by atoms with E-state index in [2.05, 4.69) is 5.32 Å². The molecule has 4 nitrogen and oxygen atoms in total. The zero-order chi connectivity index (χ0) is 14.8. The molecule has 1 saturated carbocycles. The Labute approximate surface area is 124 Å². The van der Waals surface area contributed by atoms with Crippen LogP contribution < -0.4 is 5.32 Å². The fourth-order valence-electron chi connectivity index (χ4n) is 3.55. The number of rotatable bonds is 3. The number of aryl methyl sites for hydroxylation is 2. The lowest BCUT2D eigenvalue weighted by molar-refractivity contribution is -0.142. The van der Waals surface area contributed by atoms with Crippen LogP contribution >= 0.6 is 0 Å². The number of aliphatic carboxylic acids is 1. The third-order valence-electron chi connectivity index (χ3n) is 4.76. The predicted octanol–water partition coefficient (Wildman–Crippen LogP) is 2.55. The maximum atomic E-state index is 12.4. The lowest BCUT2D eigenvalue weighted by Gasteiger charge is -2.19. The Bertz CT molecular complexity index is 567. The van der Waals surface area contributed by atoms with E-state index in [4.69, 9.17) is 0 Å². The van der Waals surface area contributed by atoms with Crippen molar-refractivity contribution in [3.63, 3.8) is 0 Å². The summed E-state index contributed by atoms with van der Waals surface area (Å²) in [7, 11) is 0. The van der Waals surface area contributed by atoms with Crippen LogP contribution in [-0.4, -0.2) is 23.0 Å². The summed E-state index contributed by atoms with van der Waals surface area (Å²) in [6.45, 7) is 0.